The van der Waals surface area contributed by atoms with Gasteiger partial charge < -0.3 is 10.6 Å². The number of hydrogen-bond donors (Lipinski definition) is 1. The van der Waals surface area contributed by atoms with E-state index in [9.17, 15) is 4.79 Å². The standard InChI is InChI=1S/C15H16N2O/c1-17(14-5-3-2-4-6-14)15(18)13-9-7-12(11-16)8-10-13/h2-10H,11,16H2,1H3. The molecule has 3 heteroatoms. The fraction of sp³-hybridized carbons (Fsp3) is 0.133. The van der Waals surface area contributed by atoms with E-state index in [1.165, 1.54) is 0 Å². The van der Waals surface area contributed by atoms with E-state index < -0.39 is 0 Å². The van der Waals surface area contributed by atoms with Gasteiger partial charge in [-0.05, 0) is 29.8 Å². The monoisotopic (exact) mass is 240 g/mol. The Hall–Kier alpha value is -2.13. The number of carbonyl (C=O) groups excluding carboxylic acids is 1. The Labute approximate surface area is 107 Å². The molecule has 0 heterocycles. The van der Waals surface area contributed by atoms with Crippen molar-refractivity contribution in [2.75, 3.05) is 11.9 Å². The van der Waals surface area contributed by atoms with Crippen molar-refractivity contribution in [3.63, 3.8) is 0 Å². The normalized spacial score (nSPS) is 10.1. The van der Waals surface area contributed by atoms with Crippen molar-refractivity contribution >= 4 is 11.6 Å². The maximum Gasteiger partial charge on any atom is 0.258 e. The van der Waals surface area contributed by atoms with E-state index >= 15 is 0 Å². The maximum absolute atomic E-state index is 12.2. The van der Waals surface area contributed by atoms with Crippen LogP contribution in [0.4, 0.5) is 5.69 Å². The summed E-state index contributed by atoms with van der Waals surface area (Å²) in [6, 6.07) is 17.0. The van der Waals surface area contributed by atoms with Gasteiger partial charge in [-0.25, -0.2) is 0 Å². The van der Waals surface area contributed by atoms with Crippen molar-refractivity contribution in [2.45, 2.75) is 6.54 Å². The van der Waals surface area contributed by atoms with Gasteiger partial charge in [-0.3, -0.25) is 4.79 Å². The minimum absolute atomic E-state index is 0.0234. The number of hydrogen-bond acceptors (Lipinski definition) is 2. The molecule has 0 radical (unpaired) electrons. The molecule has 0 saturated heterocycles. The fourth-order valence-electron chi connectivity index (χ4n) is 1.75. The molecule has 0 fully saturated rings. The first-order valence-corrected chi connectivity index (χ1v) is 5.84. The number of para-hydroxylation sites is 1. The van der Waals surface area contributed by atoms with Crippen LogP contribution in [-0.2, 0) is 6.54 Å². The van der Waals surface area contributed by atoms with Gasteiger partial charge in [0, 0.05) is 24.8 Å². The van der Waals surface area contributed by atoms with Gasteiger partial charge in [0.25, 0.3) is 5.91 Å². The number of nitrogens with zero attached hydrogens (tertiary/aromatic N) is 1. The van der Waals surface area contributed by atoms with Crippen molar-refractivity contribution in [3.8, 4) is 0 Å². The predicted octanol–water partition coefficient (Wildman–Crippen LogP) is 2.42. The molecule has 0 unspecified atom stereocenters. The molecule has 1 amide bonds. The third kappa shape index (κ3) is 2.57. The van der Waals surface area contributed by atoms with Crippen LogP contribution < -0.4 is 10.6 Å². The lowest BCUT2D eigenvalue weighted by Gasteiger charge is -2.17. The number of carbonyl (C=O) groups is 1. The second-order valence-electron chi connectivity index (χ2n) is 4.10. The van der Waals surface area contributed by atoms with Crippen LogP contribution in [0.3, 0.4) is 0 Å². The molecule has 18 heavy (non-hydrogen) atoms. The van der Waals surface area contributed by atoms with Crippen molar-refractivity contribution in [3.05, 3.63) is 65.7 Å². The van der Waals surface area contributed by atoms with Gasteiger partial charge in [0.2, 0.25) is 0 Å². The Morgan fingerprint density at radius 2 is 1.67 bits per heavy atom. The molecule has 92 valence electrons. The first kappa shape index (κ1) is 12.3. The topological polar surface area (TPSA) is 46.3 Å². The zero-order chi connectivity index (χ0) is 13.0. The Bertz CT molecular complexity index is 520. The van der Waals surface area contributed by atoms with Crippen LogP contribution in [0.15, 0.2) is 54.6 Å². The molecule has 0 aromatic heterocycles. The molecule has 0 atom stereocenters. The third-order valence-electron chi connectivity index (χ3n) is 2.88. The molecule has 0 aliphatic heterocycles. The lowest BCUT2D eigenvalue weighted by Crippen LogP contribution is -2.26. The van der Waals surface area contributed by atoms with Crippen molar-refractivity contribution < 1.29 is 4.79 Å². The molecule has 0 saturated carbocycles. The number of nitrogens with two attached hydrogens (primary N) is 1. The van der Waals surface area contributed by atoms with Crippen LogP contribution in [0.2, 0.25) is 0 Å². The zero-order valence-corrected chi connectivity index (χ0v) is 10.3. The van der Waals surface area contributed by atoms with Gasteiger partial charge in [-0.1, -0.05) is 30.3 Å². The van der Waals surface area contributed by atoms with Gasteiger partial charge in [0.1, 0.15) is 0 Å². The number of benzene rings is 2. The second-order valence-corrected chi connectivity index (χ2v) is 4.10. The molecule has 0 aliphatic carbocycles. The summed E-state index contributed by atoms with van der Waals surface area (Å²) < 4.78 is 0. The van der Waals surface area contributed by atoms with Crippen LogP contribution in [0.1, 0.15) is 15.9 Å². The fourth-order valence-corrected chi connectivity index (χ4v) is 1.75. The van der Waals surface area contributed by atoms with Gasteiger partial charge in [-0.2, -0.15) is 0 Å². The van der Waals surface area contributed by atoms with Gasteiger partial charge in [-0.15, -0.1) is 0 Å². The first-order valence-electron chi connectivity index (χ1n) is 5.84. The van der Waals surface area contributed by atoms with Crippen molar-refractivity contribution in [1.82, 2.24) is 0 Å². The Balaban J connectivity index is 2.20. The van der Waals surface area contributed by atoms with Crippen LogP contribution in [0.25, 0.3) is 0 Å². The molecular formula is C15H16N2O. The summed E-state index contributed by atoms with van der Waals surface area (Å²) in [4.78, 5) is 13.9. The largest absolute Gasteiger partial charge is 0.326 e. The number of amides is 1. The molecular weight excluding hydrogens is 224 g/mol. The molecule has 0 aliphatic rings. The smallest absolute Gasteiger partial charge is 0.258 e. The minimum Gasteiger partial charge on any atom is -0.326 e. The average molecular weight is 240 g/mol. The van der Waals surface area contributed by atoms with Crippen molar-refractivity contribution in [1.29, 1.82) is 0 Å². The Morgan fingerprint density at radius 3 is 2.22 bits per heavy atom. The Kier molecular flexibility index (Phi) is 3.75. The van der Waals surface area contributed by atoms with Crippen molar-refractivity contribution in [2.24, 2.45) is 5.73 Å². The van der Waals surface area contributed by atoms with Gasteiger partial charge >= 0.3 is 0 Å². The van der Waals surface area contributed by atoms with E-state index in [4.69, 9.17) is 5.73 Å². The van der Waals surface area contributed by atoms with Crippen LogP contribution in [0, 0.1) is 0 Å². The van der Waals surface area contributed by atoms with Crippen LogP contribution in [0.5, 0.6) is 0 Å². The highest BCUT2D eigenvalue weighted by Gasteiger charge is 2.12. The highest BCUT2D eigenvalue weighted by atomic mass is 16.2. The Morgan fingerprint density at radius 1 is 1.06 bits per heavy atom. The third-order valence-corrected chi connectivity index (χ3v) is 2.88. The van der Waals surface area contributed by atoms with E-state index in [2.05, 4.69) is 0 Å². The molecule has 2 aromatic rings. The predicted molar refractivity (Wildman–Crippen MR) is 73.5 cm³/mol. The highest BCUT2D eigenvalue weighted by Crippen LogP contribution is 2.15. The average Bonchev–Trinajstić information content (AvgIpc) is 2.47. The molecule has 2 rings (SSSR count). The first-order chi connectivity index (χ1) is 8.72. The molecule has 0 bridgehead atoms. The molecule has 2 aromatic carbocycles. The summed E-state index contributed by atoms with van der Waals surface area (Å²) in [6.07, 6.45) is 0. The lowest BCUT2D eigenvalue weighted by atomic mass is 10.1. The van der Waals surface area contributed by atoms with Gasteiger partial charge in [0.15, 0.2) is 0 Å². The van der Waals surface area contributed by atoms with Crippen LogP contribution in [-0.4, -0.2) is 13.0 Å². The van der Waals surface area contributed by atoms with E-state index in [1.54, 1.807) is 11.9 Å². The summed E-state index contributed by atoms with van der Waals surface area (Å²) >= 11 is 0. The summed E-state index contributed by atoms with van der Waals surface area (Å²) in [5, 5.41) is 0. The molecule has 0 spiro atoms. The van der Waals surface area contributed by atoms with E-state index in [-0.39, 0.29) is 5.91 Å². The number of anilines is 1. The minimum atomic E-state index is -0.0234. The number of rotatable bonds is 3. The zero-order valence-electron chi connectivity index (χ0n) is 10.3. The van der Waals surface area contributed by atoms with E-state index in [0.717, 1.165) is 11.3 Å². The highest BCUT2D eigenvalue weighted by molar-refractivity contribution is 6.05. The van der Waals surface area contributed by atoms with E-state index in [0.29, 0.717) is 12.1 Å². The quantitative estimate of drug-likeness (QED) is 0.895. The summed E-state index contributed by atoms with van der Waals surface area (Å²) in [7, 11) is 1.77. The summed E-state index contributed by atoms with van der Waals surface area (Å²) in [5.41, 5.74) is 8.10. The molecule has 3 nitrogen and oxygen atoms in total. The maximum atomic E-state index is 12.2. The van der Waals surface area contributed by atoms with Gasteiger partial charge in [0.05, 0.1) is 0 Å². The second kappa shape index (κ2) is 5.47. The SMILES string of the molecule is CN(C(=O)c1ccc(CN)cc1)c1ccccc1. The molecule has 2 N–H and O–H groups in total. The summed E-state index contributed by atoms with van der Waals surface area (Å²) in [6.45, 7) is 0.489. The summed E-state index contributed by atoms with van der Waals surface area (Å²) in [5.74, 6) is -0.0234. The van der Waals surface area contributed by atoms with E-state index in [1.807, 2.05) is 54.6 Å². The van der Waals surface area contributed by atoms with Crippen LogP contribution >= 0.6 is 0 Å². The lowest BCUT2D eigenvalue weighted by molar-refractivity contribution is 0.0993.